The molecule has 1 heterocycles. The van der Waals surface area contributed by atoms with E-state index in [1.54, 1.807) is 0 Å². The molecule has 6 heteroatoms. The lowest BCUT2D eigenvalue weighted by atomic mass is 9.85. The molecule has 2 rings (SSSR count). The SMILES string of the molecule is CCCc1nnsc1C(=O)N(C)CC1CC(Br)C1. The zero-order valence-electron chi connectivity index (χ0n) is 10.7. The Morgan fingerprint density at radius 1 is 1.56 bits per heavy atom. The molecule has 0 atom stereocenters. The van der Waals surface area contributed by atoms with Crippen molar-refractivity contribution in [1.82, 2.24) is 14.5 Å². The number of alkyl halides is 1. The van der Waals surface area contributed by atoms with E-state index in [9.17, 15) is 4.79 Å². The predicted octanol–water partition coefficient (Wildman–Crippen LogP) is 2.74. The van der Waals surface area contributed by atoms with E-state index in [2.05, 4.69) is 32.4 Å². The maximum atomic E-state index is 12.3. The Balaban J connectivity index is 1.94. The lowest BCUT2D eigenvalue weighted by Crippen LogP contribution is -2.37. The first-order valence-electron chi connectivity index (χ1n) is 6.32. The molecule has 1 aromatic heterocycles. The van der Waals surface area contributed by atoms with E-state index < -0.39 is 0 Å². The van der Waals surface area contributed by atoms with Gasteiger partial charge in [0.05, 0.1) is 5.69 Å². The molecule has 1 aliphatic rings. The summed E-state index contributed by atoms with van der Waals surface area (Å²) in [6, 6.07) is 0. The molecular formula is C12H18BrN3OS. The fourth-order valence-electron chi connectivity index (χ4n) is 2.22. The van der Waals surface area contributed by atoms with Crippen molar-refractivity contribution >= 4 is 33.4 Å². The van der Waals surface area contributed by atoms with E-state index in [0.717, 1.165) is 25.1 Å². The van der Waals surface area contributed by atoms with Crippen LogP contribution in [0.1, 0.15) is 41.6 Å². The second-order valence-electron chi connectivity index (χ2n) is 4.92. The van der Waals surface area contributed by atoms with E-state index in [-0.39, 0.29) is 5.91 Å². The third-order valence-electron chi connectivity index (χ3n) is 3.29. The smallest absolute Gasteiger partial charge is 0.267 e. The minimum absolute atomic E-state index is 0.0754. The van der Waals surface area contributed by atoms with E-state index in [1.165, 1.54) is 24.4 Å². The monoisotopic (exact) mass is 331 g/mol. The fourth-order valence-corrected chi connectivity index (χ4v) is 3.98. The Hall–Kier alpha value is -0.490. The molecule has 0 spiro atoms. The number of halogens is 1. The Morgan fingerprint density at radius 3 is 2.89 bits per heavy atom. The summed E-state index contributed by atoms with van der Waals surface area (Å²) in [6.07, 6.45) is 4.16. The lowest BCUT2D eigenvalue weighted by molar-refractivity contribution is 0.0752. The first-order chi connectivity index (χ1) is 8.61. The normalized spacial score (nSPS) is 22.6. The largest absolute Gasteiger partial charge is 0.341 e. The third kappa shape index (κ3) is 3.09. The van der Waals surface area contributed by atoms with Crippen LogP contribution in [-0.4, -0.2) is 38.8 Å². The minimum Gasteiger partial charge on any atom is -0.341 e. The summed E-state index contributed by atoms with van der Waals surface area (Å²) in [7, 11) is 1.87. The summed E-state index contributed by atoms with van der Waals surface area (Å²) < 4.78 is 3.91. The summed E-state index contributed by atoms with van der Waals surface area (Å²) in [4.78, 5) is 15.5. The number of amides is 1. The molecule has 1 saturated carbocycles. The van der Waals surface area contributed by atoms with Gasteiger partial charge < -0.3 is 4.90 Å². The molecule has 1 fully saturated rings. The fraction of sp³-hybridized carbons (Fsp3) is 0.750. The van der Waals surface area contributed by atoms with Crippen molar-refractivity contribution in [2.24, 2.45) is 5.92 Å². The maximum absolute atomic E-state index is 12.3. The summed E-state index contributed by atoms with van der Waals surface area (Å²) in [5.41, 5.74) is 0.853. The molecule has 100 valence electrons. The highest BCUT2D eigenvalue weighted by atomic mass is 79.9. The standard InChI is InChI=1S/C12H18BrN3OS/c1-3-4-10-11(18-15-14-10)12(17)16(2)7-8-5-9(13)6-8/h8-9H,3-7H2,1-2H3. The van der Waals surface area contributed by atoms with Crippen LogP contribution in [0.15, 0.2) is 0 Å². The Morgan fingerprint density at radius 2 is 2.28 bits per heavy atom. The van der Waals surface area contributed by atoms with Gasteiger partial charge >= 0.3 is 0 Å². The molecule has 0 bridgehead atoms. The van der Waals surface area contributed by atoms with Crippen LogP contribution in [0.5, 0.6) is 0 Å². The first kappa shape index (κ1) is 13.9. The molecular weight excluding hydrogens is 314 g/mol. The quantitative estimate of drug-likeness (QED) is 0.779. The highest BCUT2D eigenvalue weighted by molar-refractivity contribution is 9.09. The molecule has 0 unspecified atom stereocenters. The zero-order chi connectivity index (χ0) is 13.1. The van der Waals surface area contributed by atoms with Crippen LogP contribution in [0.2, 0.25) is 0 Å². The van der Waals surface area contributed by atoms with Crippen molar-refractivity contribution in [3.8, 4) is 0 Å². The van der Waals surface area contributed by atoms with Crippen LogP contribution < -0.4 is 0 Å². The van der Waals surface area contributed by atoms with Gasteiger partial charge in [-0.1, -0.05) is 33.8 Å². The van der Waals surface area contributed by atoms with Crippen molar-refractivity contribution in [2.75, 3.05) is 13.6 Å². The summed E-state index contributed by atoms with van der Waals surface area (Å²) in [5.74, 6) is 0.713. The van der Waals surface area contributed by atoms with Crippen molar-refractivity contribution in [3.05, 3.63) is 10.6 Å². The predicted molar refractivity (Wildman–Crippen MR) is 76.3 cm³/mol. The second-order valence-corrected chi connectivity index (χ2v) is 6.97. The summed E-state index contributed by atoms with van der Waals surface area (Å²) in [6.45, 7) is 2.92. The highest BCUT2D eigenvalue weighted by Crippen LogP contribution is 2.33. The molecule has 1 aromatic rings. The molecule has 0 radical (unpaired) electrons. The van der Waals surface area contributed by atoms with Gasteiger partial charge in [-0.3, -0.25) is 4.79 Å². The Kier molecular flexibility index (Phi) is 4.72. The average Bonchev–Trinajstić information content (AvgIpc) is 2.74. The number of rotatable bonds is 5. The van der Waals surface area contributed by atoms with Crippen molar-refractivity contribution in [3.63, 3.8) is 0 Å². The molecule has 4 nitrogen and oxygen atoms in total. The number of carbonyl (C=O) groups excluding carboxylic acids is 1. The van der Waals surface area contributed by atoms with Gasteiger partial charge in [0.15, 0.2) is 0 Å². The van der Waals surface area contributed by atoms with Crippen LogP contribution in [0.4, 0.5) is 0 Å². The second kappa shape index (κ2) is 6.10. The highest BCUT2D eigenvalue weighted by Gasteiger charge is 2.29. The number of nitrogens with zero attached hydrogens (tertiary/aromatic N) is 3. The Labute approximate surface area is 120 Å². The lowest BCUT2D eigenvalue weighted by Gasteiger charge is -2.34. The Bertz CT molecular complexity index is 417. The van der Waals surface area contributed by atoms with Gasteiger partial charge in [-0.15, -0.1) is 5.10 Å². The maximum Gasteiger partial charge on any atom is 0.267 e. The van der Waals surface area contributed by atoms with E-state index in [1.807, 2.05) is 11.9 Å². The average molecular weight is 332 g/mol. The van der Waals surface area contributed by atoms with Crippen LogP contribution in [0.25, 0.3) is 0 Å². The van der Waals surface area contributed by atoms with E-state index >= 15 is 0 Å². The number of hydrogen-bond donors (Lipinski definition) is 0. The molecule has 1 aliphatic carbocycles. The van der Waals surface area contributed by atoms with Crippen molar-refractivity contribution in [2.45, 2.75) is 37.4 Å². The molecule has 0 N–H and O–H groups in total. The zero-order valence-corrected chi connectivity index (χ0v) is 13.1. The van der Waals surface area contributed by atoms with Crippen molar-refractivity contribution < 1.29 is 4.79 Å². The third-order valence-corrected chi connectivity index (χ3v) is 4.80. The number of carbonyl (C=O) groups is 1. The molecule has 1 amide bonds. The molecule has 0 aliphatic heterocycles. The van der Waals surface area contributed by atoms with Gasteiger partial charge in [0, 0.05) is 18.4 Å². The molecule has 18 heavy (non-hydrogen) atoms. The van der Waals surface area contributed by atoms with Crippen LogP contribution in [0, 0.1) is 5.92 Å². The summed E-state index contributed by atoms with van der Waals surface area (Å²) >= 11 is 4.79. The van der Waals surface area contributed by atoms with Gasteiger partial charge in [-0.2, -0.15) is 0 Å². The number of hydrogen-bond acceptors (Lipinski definition) is 4. The van der Waals surface area contributed by atoms with Gasteiger partial charge in [0.2, 0.25) is 0 Å². The van der Waals surface area contributed by atoms with E-state index in [4.69, 9.17) is 0 Å². The van der Waals surface area contributed by atoms with Crippen molar-refractivity contribution in [1.29, 1.82) is 0 Å². The van der Waals surface area contributed by atoms with Gasteiger partial charge in [0.25, 0.3) is 5.91 Å². The van der Waals surface area contributed by atoms with Crippen LogP contribution in [0.3, 0.4) is 0 Å². The van der Waals surface area contributed by atoms with Gasteiger partial charge in [0.1, 0.15) is 4.88 Å². The van der Waals surface area contributed by atoms with Gasteiger partial charge in [-0.25, -0.2) is 0 Å². The van der Waals surface area contributed by atoms with Crippen LogP contribution in [-0.2, 0) is 6.42 Å². The summed E-state index contributed by atoms with van der Waals surface area (Å²) in [5, 5.41) is 4.05. The minimum atomic E-state index is 0.0754. The topological polar surface area (TPSA) is 46.1 Å². The number of aryl methyl sites for hydroxylation is 1. The molecule has 0 saturated heterocycles. The molecule has 0 aromatic carbocycles. The van der Waals surface area contributed by atoms with Crippen LogP contribution >= 0.6 is 27.5 Å². The first-order valence-corrected chi connectivity index (χ1v) is 8.01. The van der Waals surface area contributed by atoms with E-state index in [0.29, 0.717) is 15.6 Å². The number of aromatic nitrogens is 2. The van der Waals surface area contributed by atoms with Gasteiger partial charge in [-0.05, 0) is 36.7 Å².